The van der Waals surface area contributed by atoms with E-state index in [-0.39, 0.29) is 25.9 Å². The van der Waals surface area contributed by atoms with Gasteiger partial charge in [-0.15, -0.1) is 0 Å². The first-order valence-electron chi connectivity index (χ1n) is 5.74. The maximum Gasteiger partial charge on any atom is 0.321 e. The van der Waals surface area contributed by atoms with Crippen molar-refractivity contribution in [3.8, 4) is 0 Å². The summed E-state index contributed by atoms with van der Waals surface area (Å²) in [7, 11) is 0. The number of amides is 5. The lowest BCUT2D eigenvalue weighted by Gasteiger charge is -2.06. The monoisotopic (exact) mass is 274 g/mol. The fourth-order valence-electron chi connectivity index (χ4n) is 1.16. The molecule has 0 radical (unpaired) electrons. The predicted octanol–water partition coefficient (Wildman–Crippen LogP) is -0.875. The molecular weight excluding hydrogens is 256 g/mol. The highest BCUT2D eigenvalue weighted by atomic mass is 16.4. The second kappa shape index (κ2) is 9.68. The number of carbonyl (C=O) groups excluding carboxylic acids is 3. The Balaban J connectivity index is 3.55. The van der Waals surface area contributed by atoms with E-state index in [0.29, 0.717) is 12.8 Å². The molecule has 5 amide bonds. The SMILES string of the molecule is NC(=O)NCCNC(=O)NC(=O)CCCCC(=O)O. The number of unbranched alkanes of at least 4 members (excludes halogenated alkanes) is 1. The first kappa shape index (κ1) is 16.7. The van der Waals surface area contributed by atoms with Crippen LogP contribution >= 0.6 is 0 Å². The largest absolute Gasteiger partial charge is 0.481 e. The van der Waals surface area contributed by atoms with Crippen LogP contribution in [0.1, 0.15) is 25.7 Å². The van der Waals surface area contributed by atoms with Crippen LogP contribution in [0.2, 0.25) is 0 Å². The van der Waals surface area contributed by atoms with E-state index in [1.807, 2.05) is 0 Å². The number of carbonyl (C=O) groups is 4. The molecule has 0 heterocycles. The number of aliphatic carboxylic acids is 1. The number of hydrogen-bond donors (Lipinski definition) is 5. The average Bonchev–Trinajstić information content (AvgIpc) is 2.30. The fraction of sp³-hybridized carbons (Fsp3) is 0.600. The lowest BCUT2D eigenvalue weighted by molar-refractivity contribution is -0.137. The van der Waals surface area contributed by atoms with Crippen molar-refractivity contribution in [1.82, 2.24) is 16.0 Å². The number of urea groups is 2. The molecule has 0 aromatic carbocycles. The zero-order valence-corrected chi connectivity index (χ0v) is 10.4. The van der Waals surface area contributed by atoms with Crippen molar-refractivity contribution in [2.24, 2.45) is 5.73 Å². The van der Waals surface area contributed by atoms with Crippen molar-refractivity contribution in [2.45, 2.75) is 25.7 Å². The summed E-state index contributed by atoms with van der Waals surface area (Å²) in [5.74, 6) is -1.40. The number of carboxylic acids is 1. The molecular formula is C10H18N4O5. The maximum atomic E-state index is 11.2. The zero-order valence-electron chi connectivity index (χ0n) is 10.4. The Bertz CT molecular complexity index is 313. The van der Waals surface area contributed by atoms with Crippen molar-refractivity contribution in [1.29, 1.82) is 0 Å². The highest BCUT2D eigenvalue weighted by Gasteiger charge is 2.07. The van der Waals surface area contributed by atoms with Crippen LogP contribution in [0.15, 0.2) is 0 Å². The van der Waals surface area contributed by atoms with Gasteiger partial charge in [0.25, 0.3) is 0 Å². The van der Waals surface area contributed by atoms with Crippen LogP contribution in [0.3, 0.4) is 0 Å². The van der Waals surface area contributed by atoms with Crippen LogP contribution in [-0.4, -0.2) is 42.1 Å². The second-order valence-corrected chi connectivity index (χ2v) is 3.70. The lowest BCUT2D eigenvalue weighted by atomic mass is 10.2. The number of primary amides is 1. The molecule has 0 rings (SSSR count). The standard InChI is InChI=1S/C10H18N4O5/c11-9(18)12-5-6-13-10(19)14-7(15)3-1-2-4-8(16)17/h1-6H2,(H,16,17)(H3,11,12,18)(H2,13,14,15,19). The average molecular weight is 274 g/mol. The molecule has 0 aromatic rings. The van der Waals surface area contributed by atoms with Crippen LogP contribution in [0.5, 0.6) is 0 Å². The zero-order chi connectivity index (χ0) is 14.7. The number of carboxylic acid groups (broad SMARTS) is 1. The van der Waals surface area contributed by atoms with E-state index >= 15 is 0 Å². The van der Waals surface area contributed by atoms with Gasteiger partial charge in [0.1, 0.15) is 0 Å². The van der Waals surface area contributed by atoms with E-state index in [0.717, 1.165) is 0 Å². The summed E-state index contributed by atoms with van der Waals surface area (Å²) >= 11 is 0. The molecule has 9 heteroatoms. The van der Waals surface area contributed by atoms with Gasteiger partial charge in [0, 0.05) is 25.9 Å². The molecule has 0 saturated heterocycles. The summed E-state index contributed by atoms with van der Waals surface area (Å²) in [5.41, 5.74) is 4.81. The molecule has 0 aromatic heterocycles. The maximum absolute atomic E-state index is 11.2. The quantitative estimate of drug-likeness (QED) is 0.364. The van der Waals surface area contributed by atoms with E-state index in [2.05, 4.69) is 16.0 Å². The molecule has 6 N–H and O–H groups in total. The third kappa shape index (κ3) is 11.9. The Labute approximate surface area is 109 Å². The van der Waals surface area contributed by atoms with E-state index < -0.39 is 23.9 Å². The predicted molar refractivity (Wildman–Crippen MR) is 65.2 cm³/mol. The second-order valence-electron chi connectivity index (χ2n) is 3.70. The number of imide groups is 1. The van der Waals surface area contributed by atoms with E-state index in [1.54, 1.807) is 0 Å². The Kier molecular flexibility index (Phi) is 8.50. The third-order valence-corrected chi connectivity index (χ3v) is 2.01. The van der Waals surface area contributed by atoms with Crippen molar-refractivity contribution in [3.63, 3.8) is 0 Å². The van der Waals surface area contributed by atoms with Crippen molar-refractivity contribution < 1.29 is 24.3 Å². The summed E-state index contributed by atoms with van der Waals surface area (Å²) in [5, 5.41) is 15.1. The molecule has 0 aliphatic carbocycles. The normalized spacial score (nSPS) is 9.47. The molecule has 0 atom stereocenters. The highest BCUT2D eigenvalue weighted by molar-refractivity contribution is 5.94. The van der Waals surface area contributed by atoms with Gasteiger partial charge >= 0.3 is 18.0 Å². The summed E-state index contributed by atoms with van der Waals surface area (Å²) in [6.07, 6.45) is 0.861. The van der Waals surface area contributed by atoms with Gasteiger partial charge in [0.2, 0.25) is 5.91 Å². The van der Waals surface area contributed by atoms with Crippen LogP contribution in [0.4, 0.5) is 9.59 Å². The molecule has 9 nitrogen and oxygen atoms in total. The van der Waals surface area contributed by atoms with E-state index in [1.165, 1.54) is 0 Å². The van der Waals surface area contributed by atoms with Gasteiger partial charge in [0.05, 0.1) is 0 Å². The minimum Gasteiger partial charge on any atom is -0.481 e. The molecule has 19 heavy (non-hydrogen) atoms. The van der Waals surface area contributed by atoms with Crippen LogP contribution < -0.4 is 21.7 Å². The molecule has 0 aliphatic rings. The fourth-order valence-corrected chi connectivity index (χ4v) is 1.16. The van der Waals surface area contributed by atoms with Gasteiger partial charge in [-0.05, 0) is 12.8 Å². The molecule has 0 unspecified atom stereocenters. The first-order valence-corrected chi connectivity index (χ1v) is 5.74. The molecule has 0 aliphatic heterocycles. The van der Waals surface area contributed by atoms with E-state index in [9.17, 15) is 19.2 Å². The van der Waals surface area contributed by atoms with Crippen LogP contribution in [0, 0.1) is 0 Å². The number of hydrogen-bond acceptors (Lipinski definition) is 4. The topological polar surface area (TPSA) is 151 Å². The van der Waals surface area contributed by atoms with Gasteiger partial charge < -0.3 is 21.5 Å². The summed E-state index contributed by atoms with van der Waals surface area (Å²) in [4.78, 5) is 42.9. The highest BCUT2D eigenvalue weighted by Crippen LogP contribution is 1.99. The molecule has 0 saturated carbocycles. The minimum absolute atomic E-state index is 0.00172. The van der Waals surface area contributed by atoms with Gasteiger partial charge in [-0.1, -0.05) is 0 Å². The van der Waals surface area contributed by atoms with Crippen LogP contribution in [-0.2, 0) is 9.59 Å². The minimum atomic E-state index is -0.917. The Morgan fingerprint density at radius 3 is 2.11 bits per heavy atom. The number of nitrogens with one attached hydrogen (secondary N) is 3. The molecule has 0 fully saturated rings. The van der Waals surface area contributed by atoms with Crippen LogP contribution in [0.25, 0.3) is 0 Å². The van der Waals surface area contributed by atoms with Crippen molar-refractivity contribution in [2.75, 3.05) is 13.1 Å². The summed E-state index contributed by atoms with van der Waals surface area (Å²) in [6.45, 7) is 0.302. The smallest absolute Gasteiger partial charge is 0.321 e. The van der Waals surface area contributed by atoms with Gasteiger partial charge in [-0.3, -0.25) is 14.9 Å². The number of nitrogens with two attached hydrogens (primary N) is 1. The first-order chi connectivity index (χ1) is 8.91. The summed E-state index contributed by atoms with van der Waals surface area (Å²) < 4.78 is 0. The third-order valence-electron chi connectivity index (χ3n) is 2.01. The lowest BCUT2D eigenvalue weighted by Crippen LogP contribution is -2.43. The Hall–Kier alpha value is -2.32. The van der Waals surface area contributed by atoms with Crippen molar-refractivity contribution >= 4 is 23.9 Å². The van der Waals surface area contributed by atoms with Gasteiger partial charge in [-0.2, -0.15) is 0 Å². The van der Waals surface area contributed by atoms with Gasteiger partial charge in [-0.25, -0.2) is 9.59 Å². The molecule has 0 bridgehead atoms. The molecule has 0 spiro atoms. The number of rotatable bonds is 8. The Morgan fingerprint density at radius 2 is 1.53 bits per heavy atom. The van der Waals surface area contributed by atoms with Crippen molar-refractivity contribution in [3.05, 3.63) is 0 Å². The van der Waals surface area contributed by atoms with Gasteiger partial charge in [0.15, 0.2) is 0 Å². The van der Waals surface area contributed by atoms with E-state index in [4.69, 9.17) is 10.8 Å². The molecule has 108 valence electrons. The Morgan fingerprint density at radius 1 is 0.947 bits per heavy atom. The summed E-state index contributed by atoms with van der Waals surface area (Å²) in [6, 6.07) is -1.37.